The van der Waals surface area contributed by atoms with Gasteiger partial charge in [0.25, 0.3) is 0 Å². The van der Waals surface area contributed by atoms with Gasteiger partial charge >= 0.3 is 0 Å². The van der Waals surface area contributed by atoms with Crippen molar-refractivity contribution >= 4 is 5.78 Å². The first kappa shape index (κ1) is 10.2. The molecule has 1 saturated heterocycles. The third-order valence-corrected chi connectivity index (χ3v) is 2.58. The van der Waals surface area contributed by atoms with Crippen LogP contribution in [0.15, 0.2) is 18.5 Å². The van der Waals surface area contributed by atoms with Crippen molar-refractivity contribution in [1.29, 1.82) is 0 Å². The number of nitrogens with zero attached hydrogens (tertiary/aromatic N) is 2. The summed E-state index contributed by atoms with van der Waals surface area (Å²) in [6.07, 6.45) is 4.09. The van der Waals surface area contributed by atoms with E-state index in [2.05, 4.69) is 9.88 Å². The van der Waals surface area contributed by atoms with Crippen molar-refractivity contribution in [2.45, 2.75) is 19.4 Å². The third-order valence-electron chi connectivity index (χ3n) is 2.58. The molecule has 0 aliphatic carbocycles. The summed E-state index contributed by atoms with van der Waals surface area (Å²) in [7, 11) is 0. The zero-order valence-electron chi connectivity index (χ0n) is 8.45. The van der Waals surface area contributed by atoms with Gasteiger partial charge in [-0.15, -0.1) is 0 Å². The molecule has 1 aliphatic rings. The molecule has 1 aliphatic heterocycles. The summed E-state index contributed by atoms with van der Waals surface area (Å²) in [5.41, 5.74) is 0.865. The number of rotatable bonds is 2. The lowest BCUT2D eigenvalue weighted by atomic mass is 10.1. The van der Waals surface area contributed by atoms with E-state index < -0.39 is 0 Å². The number of Topliss-reactive ketones (excluding diaryl/α,β-unsaturated/α-hetero) is 1. The molecule has 2 rings (SSSR count). The Bertz CT molecular complexity index is 357. The van der Waals surface area contributed by atoms with Crippen LogP contribution in [0.5, 0.6) is 0 Å². The highest BCUT2D eigenvalue weighted by molar-refractivity contribution is 5.79. The Labute approximate surface area is 87.9 Å². The summed E-state index contributed by atoms with van der Waals surface area (Å²) in [6, 6.07) is 1.49. The monoisotopic (exact) mass is 208 g/mol. The first-order chi connectivity index (χ1) is 7.24. The molecule has 2 heterocycles. The minimum Gasteiger partial charge on any atom is -0.300 e. The Morgan fingerprint density at radius 3 is 2.73 bits per heavy atom. The van der Waals surface area contributed by atoms with Gasteiger partial charge in [-0.1, -0.05) is 0 Å². The number of hydrogen-bond donors (Lipinski definition) is 0. The van der Waals surface area contributed by atoms with Crippen LogP contribution >= 0.6 is 0 Å². The van der Waals surface area contributed by atoms with Gasteiger partial charge in [0.15, 0.2) is 0 Å². The molecule has 0 amide bonds. The molecule has 1 aromatic heterocycles. The second-order valence-corrected chi connectivity index (χ2v) is 3.83. The molecule has 3 nitrogen and oxygen atoms in total. The van der Waals surface area contributed by atoms with E-state index in [1.807, 2.05) is 0 Å². The van der Waals surface area contributed by atoms with Crippen LogP contribution in [-0.2, 0) is 11.3 Å². The molecule has 15 heavy (non-hydrogen) atoms. The lowest BCUT2D eigenvalue weighted by molar-refractivity contribution is -0.121. The standard InChI is InChI=1S/C11H13FN2O/c12-10-5-9(6-13-7-10)8-14-3-1-11(15)2-4-14/h5-7H,1-4,8H2. The highest BCUT2D eigenvalue weighted by Crippen LogP contribution is 2.10. The number of likely N-dealkylation sites (tertiary alicyclic amines) is 1. The zero-order valence-corrected chi connectivity index (χ0v) is 8.45. The van der Waals surface area contributed by atoms with Crippen LogP contribution in [-0.4, -0.2) is 28.8 Å². The number of carbonyl (C=O) groups is 1. The zero-order chi connectivity index (χ0) is 10.7. The topological polar surface area (TPSA) is 33.2 Å². The van der Waals surface area contributed by atoms with Crippen LogP contribution in [0.1, 0.15) is 18.4 Å². The smallest absolute Gasteiger partial charge is 0.141 e. The van der Waals surface area contributed by atoms with Crippen LogP contribution in [0, 0.1) is 5.82 Å². The van der Waals surface area contributed by atoms with E-state index >= 15 is 0 Å². The number of aromatic nitrogens is 1. The molecule has 1 fully saturated rings. The van der Waals surface area contributed by atoms with Crippen molar-refractivity contribution in [2.24, 2.45) is 0 Å². The number of hydrogen-bond acceptors (Lipinski definition) is 3. The normalized spacial score (nSPS) is 18.1. The Morgan fingerprint density at radius 1 is 1.33 bits per heavy atom. The van der Waals surface area contributed by atoms with E-state index in [0.717, 1.165) is 18.7 Å². The lowest BCUT2D eigenvalue weighted by Crippen LogP contribution is -2.33. The van der Waals surface area contributed by atoms with Gasteiger partial charge in [0.2, 0.25) is 0 Å². The van der Waals surface area contributed by atoms with Crippen LogP contribution in [0.4, 0.5) is 4.39 Å². The van der Waals surface area contributed by atoms with Crippen molar-refractivity contribution in [3.63, 3.8) is 0 Å². The molecule has 0 unspecified atom stereocenters. The first-order valence-electron chi connectivity index (χ1n) is 5.07. The van der Waals surface area contributed by atoms with Crippen molar-refractivity contribution in [3.8, 4) is 0 Å². The van der Waals surface area contributed by atoms with E-state index in [9.17, 15) is 9.18 Å². The van der Waals surface area contributed by atoms with Crippen LogP contribution < -0.4 is 0 Å². The van der Waals surface area contributed by atoms with Gasteiger partial charge in [-0.3, -0.25) is 14.7 Å². The molecule has 80 valence electrons. The molecule has 0 aromatic carbocycles. The van der Waals surface area contributed by atoms with Crippen molar-refractivity contribution in [3.05, 3.63) is 29.8 Å². The fourth-order valence-electron chi connectivity index (χ4n) is 1.76. The third kappa shape index (κ3) is 2.83. The number of halogens is 1. The summed E-state index contributed by atoms with van der Waals surface area (Å²) < 4.78 is 12.8. The molecule has 4 heteroatoms. The second kappa shape index (κ2) is 4.49. The number of piperidine rings is 1. The van der Waals surface area contributed by atoms with E-state index in [1.165, 1.54) is 12.3 Å². The van der Waals surface area contributed by atoms with E-state index in [1.54, 1.807) is 6.20 Å². The molecule has 0 saturated carbocycles. The van der Waals surface area contributed by atoms with E-state index in [-0.39, 0.29) is 5.82 Å². The second-order valence-electron chi connectivity index (χ2n) is 3.83. The summed E-state index contributed by atoms with van der Waals surface area (Å²) in [6.45, 7) is 2.22. The maximum Gasteiger partial charge on any atom is 0.141 e. The summed E-state index contributed by atoms with van der Waals surface area (Å²) >= 11 is 0. The van der Waals surface area contributed by atoms with Gasteiger partial charge in [0, 0.05) is 38.7 Å². The highest BCUT2D eigenvalue weighted by Gasteiger charge is 2.16. The largest absolute Gasteiger partial charge is 0.300 e. The van der Waals surface area contributed by atoms with Gasteiger partial charge in [-0.25, -0.2) is 4.39 Å². The molecule has 0 spiro atoms. The van der Waals surface area contributed by atoms with E-state index in [0.29, 0.717) is 25.2 Å². The Hall–Kier alpha value is -1.29. The van der Waals surface area contributed by atoms with Gasteiger partial charge in [0.05, 0.1) is 6.20 Å². The maximum absolute atomic E-state index is 12.8. The molecule has 0 radical (unpaired) electrons. The number of carbonyl (C=O) groups excluding carboxylic acids is 1. The maximum atomic E-state index is 12.8. The fraction of sp³-hybridized carbons (Fsp3) is 0.455. The Kier molecular flexibility index (Phi) is 3.06. The lowest BCUT2D eigenvalue weighted by Gasteiger charge is -2.25. The van der Waals surface area contributed by atoms with Crippen molar-refractivity contribution < 1.29 is 9.18 Å². The first-order valence-corrected chi connectivity index (χ1v) is 5.07. The fourth-order valence-corrected chi connectivity index (χ4v) is 1.76. The predicted octanol–water partition coefficient (Wildman–Crippen LogP) is 1.39. The molecule has 0 N–H and O–H groups in total. The predicted molar refractivity (Wildman–Crippen MR) is 53.7 cm³/mol. The minimum atomic E-state index is -0.305. The van der Waals surface area contributed by atoms with Gasteiger partial charge in [-0.05, 0) is 11.6 Å². The van der Waals surface area contributed by atoms with Crippen LogP contribution in [0.3, 0.4) is 0 Å². The number of ketones is 1. The number of pyridine rings is 1. The Balaban J connectivity index is 1.94. The average molecular weight is 208 g/mol. The van der Waals surface area contributed by atoms with E-state index in [4.69, 9.17) is 0 Å². The van der Waals surface area contributed by atoms with Crippen LogP contribution in [0.25, 0.3) is 0 Å². The van der Waals surface area contributed by atoms with Gasteiger partial charge in [-0.2, -0.15) is 0 Å². The Morgan fingerprint density at radius 2 is 2.07 bits per heavy atom. The SMILES string of the molecule is O=C1CCN(Cc2cncc(F)c2)CC1. The molecular formula is C11H13FN2O. The minimum absolute atomic E-state index is 0.305. The van der Waals surface area contributed by atoms with Gasteiger partial charge < -0.3 is 0 Å². The summed E-state index contributed by atoms with van der Waals surface area (Å²) in [5, 5.41) is 0. The van der Waals surface area contributed by atoms with Crippen molar-refractivity contribution in [1.82, 2.24) is 9.88 Å². The quantitative estimate of drug-likeness (QED) is 0.736. The van der Waals surface area contributed by atoms with Gasteiger partial charge in [0.1, 0.15) is 11.6 Å². The van der Waals surface area contributed by atoms with Crippen molar-refractivity contribution in [2.75, 3.05) is 13.1 Å². The highest BCUT2D eigenvalue weighted by atomic mass is 19.1. The summed E-state index contributed by atoms with van der Waals surface area (Å²) in [4.78, 5) is 17.0. The summed E-state index contributed by atoms with van der Waals surface area (Å²) in [5.74, 6) is 0.0178. The molecule has 0 atom stereocenters. The molecule has 1 aromatic rings. The van der Waals surface area contributed by atoms with Crippen LogP contribution in [0.2, 0.25) is 0 Å². The molecular weight excluding hydrogens is 195 g/mol. The average Bonchev–Trinajstić information content (AvgIpc) is 2.22. The molecule has 0 bridgehead atoms.